The fraction of sp³-hybridized carbons (Fsp3) is 0.800. The summed E-state index contributed by atoms with van der Waals surface area (Å²) < 4.78 is 11.3. The molecule has 12 nitrogen and oxygen atoms in total. The second-order valence-corrected chi connectivity index (χ2v) is 15.3. The molecule has 3 N–H and O–H groups in total. The van der Waals surface area contributed by atoms with Crippen LogP contribution in [0.1, 0.15) is 104 Å². The minimum atomic E-state index is -0.996. The monoisotopic (exact) mass is 658 g/mol. The van der Waals surface area contributed by atoms with Crippen molar-refractivity contribution in [2.45, 2.75) is 122 Å². The van der Waals surface area contributed by atoms with Crippen molar-refractivity contribution in [3.63, 3.8) is 0 Å². The maximum absolute atomic E-state index is 12.5. The van der Waals surface area contributed by atoms with Crippen LogP contribution in [0.5, 0.6) is 0 Å². The first-order valence-electron chi connectivity index (χ1n) is 17.6. The van der Waals surface area contributed by atoms with Gasteiger partial charge < -0.3 is 29.8 Å². The Bertz CT molecular complexity index is 1300. The lowest BCUT2D eigenvalue weighted by Gasteiger charge is -2.65. The molecule has 6 rings (SSSR count). The summed E-state index contributed by atoms with van der Waals surface area (Å²) in [5.74, 6) is -1.51. The van der Waals surface area contributed by atoms with Crippen LogP contribution in [0, 0.1) is 34.5 Å². The van der Waals surface area contributed by atoms with Crippen molar-refractivity contribution in [2.75, 3.05) is 19.8 Å². The van der Waals surface area contributed by atoms with Crippen molar-refractivity contribution in [1.29, 1.82) is 0 Å². The van der Waals surface area contributed by atoms with E-state index in [4.69, 9.17) is 14.3 Å². The number of aliphatic hydroxyl groups excluding tert-OH is 1. The van der Waals surface area contributed by atoms with Crippen molar-refractivity contribution in [2.24, 2.45) is 34.5 Å². The third kappa shape index (κ3) is 6.14. The van der Waals surface area contributed by atoms with E-state index >= 15 is 0 Å². The van der Waals surface area contributed by atoms with Gasteiger partial charge in [-0.05, 0) is 98.9 Å². The average molecular weight is 659 g/mol. The lowest BCUT2D eigenvalue weighted by Crippen LogP contribution is -2.67. The maximum Gasteiger partial charge on any atom is 0.333 e. The van der Waals surface area contributed by atoms with Crippen molar-refractivity contribution in [3.05, 3.63) is 11.6 Å². The number of hydroxylamine groups is 2. The van der Waals surface area contributed by atoms with Crippen molar-refractivity contribution in [1.82, 2.24) is 10.4 Å². The Morgan fingerprint density at radius 1 is 1.00 bits per heavy atom. The van der Waals surface area contributed by atoms with E-state index in [9.17, 15) is 34.2 Å². The quantitative estimate of drug-likeness (QED) is 0.171. The Morgan fingerprint density at radius 2 is 1.77 bits per heavy atom. The Morgan fingerprint density at radius 3 is 2.49 bits per heavy atom. The molecule has 5 fully saturated rings. The van der Waals surface area contributed by atoms with E-state index in [1.165, 1.54) is 0 Å². The summed E-state index contributed by atoms with van der Waals surface area (Å²) in [4.78, 5) is 64.2. The largest absolute Gasteiger partial charge is 0.458 e. The molecule has 9 atom stereocenters. The van der Waals surface area contributed by atoms with Gasteiger partial charge >= 0.3 is 11.9 Å². The molecular weight excluding hydrogens is 608 g/mol. The van der Waals surface area contributed by atoms with E-state index in [1.54, 1.807) is 6.08 Å². The van der Waals surface area contributed by atoms with E-state index in [0.717, 1.165) is 44.1 Å². The number of hydrogen-bond donors (Lipinski definition) is 3. The van der Waals surface area contributed by atoms with Crippen LogP contribution < -0.4 is 5.32 Å². The number of unbranched alkanes of at least 4 members (excludes halogenated alkanes) is 2. The first-order chi connectivity index (χ1) is 22.4. The Hall–Kier alpha value is -2.83. The van der Waals surface area contributed by atoms with Gasteiger partial charge in [0.1, 0.15) is 13.2 Å². The first kappa shape index (κ1) is 34.0. The number of nitrogens with one attached hydrogen (secondary N) is 1. The topological polar surface area (TPSA) is 169 Å². The van der Waals surface area contributed by atoms with E-state index in [2.05, 4.69) is 12.2 Å². The van der Waals surface area contributed by atoms with Gasteiger partial charge in [-0.1, -0.05) is 20.3 Å². The summed E-state index contributed by atoms with van der Waals surface area (Å²) in [7, 11) is 0. The molecule has 0 radical (unpaired) electrons. The first-order valence-corrected chi connectivity index (χ1v) is 17.6. The average Bonchev–Trinajstić information content (AvgIpc) is 3.69. The fourth-order valence-electron chi connectivity index (χ4n) is 10.4. The van der Waals surface area contributed by atoms with E-state index in [-0.39, 0.29) is 73.6 Å². The zero-order valence-electron chi connectivity index (χ0n) is 27.7. The molecule has 47 heavy (non-hydrogen) atoms. The molecule has 0 bridgehead atoms. The second kappa shape index (κ2) is 13.2. The number of rotatable bonds is 11. The van der Waals surface area contributed by atoms with Gasteiger partial charge in [-0.15, -0.1) is 5.06 Å². The molecule has 2 heterocycles. The van der Waals surface area contributed by atoms with Gasteiger partial charge in [-0.2, -0.15) is 0 Å². The highest BCUT2D eigenvalue weighted by Crippen LogP contribution is 2.70. The lowest BCUT2D eigenvalue weighted by atomic mass is 9.42. The summed E-state index contributed by atoms with van der Waals surface area (Å²) >= 11 is 0. The van der Waals surface area contributed by atoms with E-state index in [0.29, 0.717) is 49.6 Å². The molecule has 1 saturated heterocycles. The second-order valence-electron chi connectivity index (χ2n) is 15.3. The van der Waals surface area contributed by atoms with Gasteiger partial charge in [0.25, 0.3) is 11.8 Å². The van der Waals surface area contributed by atoms with Crippen LogP contribution >= 0.6 is 0 Å². The number of carbonyl (C=O) groups excluding carboxylic acids is 5. The minimum Gasteiger partial charge on any atom is -0.458 e. The number of esters is 1. The molecule has 3 amide bonds. The molecule has 0 aromatic rings. The predicted molar refractivity (Wildman–Crippen MR) is 166 cm³/mol. The summed E-state index contributed by atoms with van der Waals surface area (Å²) in [5, 5.41) is 27.6. The normalized spacial score (nSPS) is 39.5. The molecular formula is C35H50N2O10. The van der Waals surface area contributed by atoms with Gasteiger partial charge in [0, 0.05) is 37.3 Å². The maximum atomic E-state index is 12.5. The van der Waals surface area contributed by atoms with Crippen LogP contribution in [-0.4, -0.2) is 82.5 Å². The third-order valence-corrected chi connectivity index (χ3v) is 13.1. The Balaban J connectivity index is 0.929. The van der Waals surface area contributed by atoms with Crippen molar-refractivity contribution >= 4 is 29.7 Å². The molecule has 0 spiro atoms. The Labute approximate surface area is 275 Å². The zero-order chi connectivity index (χ0) is 33.6. The SMILES string of the molecule is C[C@]12CCC(OCC(=O)NCCCCCC(=O)ON3C(=O)CCC3=O)CC1CCC1C2CC(O)[C@]2(C)C(C3=CC(=O)OC3)CC[C@]12O. The number of ether oxygens (including phenoxy) is 2. The summed E-state index contributed by atoms with van der Waals surface area (Å²) in [6.07, 6.45) is 9.45. The van der Waals surface area contributed by atoms with Crippen LogP contribution in [0.4, 0.5) is 0 Å². The number of fused-ring (bicyclic) bond motifs is 5. The fourth-order valence-corrected chi connectivity index (χ4v) is 10.4. The van der Waals surface area contributed by atoms with Gasteiger partial charge in [0.2, 0.25) is 5.91 Å². The van der Waals surface area contributed by atoms with Gasteiger partial charge in [0.05, 0.1) is 17.8 Å². The number of nitrogens with zero attached hydrogens (tertiary/aromatic N) is 1. The number of cyclic esters (lactones) is 1. The van der Waals surface area contributed by atoms with Gasteiger partial charge in [0.15, 0.2) is 0 Å². The van der Waals surface area contributed by atoms with Gasteiger partial charge in [-0.25, -0.2) is 9.59 Å². The molecule has 2 aliphatic heterocycles. The van der Waals surface area contributed by atoms with Crippen LogP contribution in [0.2, 0.25) is 0 Å². The number of hydrogen-bond acceptors (Lipinski definition) is 10. The van der Waals surface area contributed by atoms with Crippen LogP contribution in [0.3, 0.4) is 0 Å². The predicted octanol–water partition coefficient (Wildman–Crippen LogP) is 2.88. The van der Waals surface area contributed by atoms with Crippen molar-refractivity contribution < 1.29 is 48.5 Å². The zero-order valence-corrected chi connectivity index (χ0v) is 27.7. The lowest BCUT2D eigenvalue weighted by molar-refractivity contribution is -0.245. The summed E-state index contributed by atoms with van der Waals surface area (Å²) in [6, 6.07) is 0. The summed E-state index contributed by atoms with van der Waals surface area (Å²) in [6.45, 7) is 5.06. The minimum absolute atomic E-state index is 0.00928. The van der Waals surface area contributed by atoms with Gasteiger partial charge in [-0.3, -0.25) is 14.4 Å². The van der Waals surface area contributed by atoms with E-state index in [1.807, 2.05) is 6.92 Å². The highest BCUT2D eigenvalue weighted by atomic mass is 16.7. The molecule has 6 aliphatic rings. The number of amides is 3. The van der Waals surface area contributed by atoms with Crippen LogP contribution in [0.25, 0.3) is 0 Å². The molecule has 260 valence electrons. The van der Waals surface area contributed by atoms with E-state index < -0.39 is 34.9 Å². The molecule has 12 heteroatoms. The molecule has 4 saturated carbocycles. The number of aliphatic hydroxyl groups is 2. The third-order valence-electron chi connectivity index (χ3n) is 13.1. The van der Waals surface area contributed by atoms with Crippen LogP contribution in [-0.2, 0) is 38.3 Å². The molecule has 0 aromatic carbocycles. The smallest absolute Gasteiger partial charge is 0.333 e. The highest BCUT2D eigenvalue weighted by molar-refractivity contribution is 6.01. The summed E-state index contributed by atoms with van der Waals surface area (Å²) in [5.41, 5.74) is -0.836. The molecule has 4 aliphatic carbocycles. The standard InChI is InChI=1S/C35H50N2O10/c1-33-13-11-23(45-20-28(39)36-15-5-3-4-6-31(42)47-37-29(40)9-10-30(37)41)17-22(33)7-8-25-26(33)18-27(38)34(2)24(12-14-35(25,34)44)21-16-32(43)46-19-21/h16,22-27,38,44H,3-15,17-20H2,1-2H3,(H,36,39)/t22?,23?,24?,25?,26?,27?,33-,34-,35-/m0/s1. The number of carbonyl (C=O) groups is 5. The number of imide groups is 1. The van der Waals surface area contributed by atoms with Crippen molar-refractivity contribution in [3.8, 4) is 0 Å². The van der Waals surface area contributed by atoms with Crippen LogP contribution in [0.15, 0.2) is 11.6 Å². The Kier molecular flexibility index (Phi) is 9.59. The molecule has 6 unspecified atom stereocenters. The molecule has 0 aromatic heterocycles. The highest BCUT2D eigenvalue weighted by Gasteiger charge is 2.70.